The van der Waals surface area contributed by atoms with E-state index < -0.39 is 0 Å². The minimum absolute atomic E-state index is 0.815. The van der Waals surface area contributed by atoms with Gasteiger partial charge in [0, 0.05) is 13.1 Å². The van der Waals surface area contributed by atoms with Crippen LogP contribution in [0.15, 0.2) is 18.2 Å². The average Bonchev–Trinajstić information content (AvgIpc) is 2.61. The van der Waals surface area contributed by atoms with Crippen LogP contribution < -0.4 is 0 Å². The first kappa shape index (κ1) is 12.3. The van der Waals surface area contributed by atoms with E-state index in [9.17, 15) is 0 Å². The van der Waals surface area contributed by atoms with E-state index in [4.69, 9.17) is 12.2 Å². The highest BCUT2D eigenvalue weighted by molar-refractivity contribution is 7.71. The molecule has 92 valence electrons. The lowest BCUT2D eigenvalue weighted by Gasteiger charge is -2.14. The number of aromatic nitrogens is 2. The number of aryl methyl sites for hydroxylation is 1. The molecule has 0 amide bonds. The van der Waals surface area contributed by atoms with Crippen molar-refractivity contribution >= 4 is 23.3 Å². The summed E-state index contributed by atoms with van der Waals surface area (Å²) >= 11 is 5.37. The van der Waals surface area contributed by atoms with Gasteiger partial charge >= 0.3 is 0 Å². The number of hydrogen-bond acceptors (Lipinski definition) is 2. The second-order valence-electron chi connectivity index (χ2n) is 4.50. The van der Waals surface area contributed by atoms with Crippen LogP contribution in [0.3, 0.4) is 0 Å². The summed E-state index contributed by atoms with van der Waals surface area (Å²) in [5, 5.41) is 0. The summed E-state index contributed by atoms with van der Waals surface area (Å²) in [7, 11) is 2.13. The second kappa shape index (κ2) is 5.02. The van der Waals surface area contributed by atoms with Crippen LogP contribution in [0.5, 0.6) is 0 Å². The fourth-order valence-electron chi connectivity index (χ4n) is 1.93. The Balaban J connectivity index is 2.33. The van der Waals surface area contributed by atoms with Crippen molar-refractivity contribution in [2.24, 2.45) is 0 Å². The molecule has 0 radical (unpaired) electrons. The minimum atomic E-state index is 0.815. The Morgan fingerprint density at radius 1 is 1.41 bits per heavy atom. The van der Waals surface area contributed by atoms with Crippen LogP contribution in [0.2, 0.25) is 0 Å². The summed E-state index contributed by atoms with van der Waals surface area (Å²) < 4.78 is 2.99. The maximum atomic E-state index is 5.37. The first-order chi connectivity index (χ1) is 8.11. The van der Waals surface area contributed by atoms with Crippen LogP contribution in [0, 0.1) is 11.7 Å². The topological polar surface area (TPSA) is 24.0 Å². The number of aromatic amines is 1. The Morgan fingerprint density at radius 2 is 2.18 bits per heavy atom. The van der Waals surface area contributed by atoms with E-state index in [0.717, 1.165) is 29.9 Å². The molecule has 2 rings (SSSR count). The molecule has 0 aliphatic rings. The van der Waals surface area contributed by atoms with Crippen molar-refractivity contribution in [3.63, 3.8) is 0 Å². The number of nitrogens with one attached hydrogen (secondary N) is 1. The second-order valence-corrected chi connectivity index (χ2v) is 4.88. The first-order valence-electron chi connectivity index (χ1n) is 5.99. The highest BCUT2D eigenvalue weighted by Gasteiger charge is 2.04. The van der Waals surface area contributed by atoms with Crippen molar-refractivity contribution < 1.29 is 0 Å². The maximum Gasteiger partial charge on any atom is 0.178 e. The Hall–Kier alpha value is -1.13. The van der Waals surface area contributed by atoms with Crippen LogP contribution in [0.1, 0.15) is 12.5 Å². The smallest absolute Gasteiger partial charge is 0.178 e. The van der Waals surface area contributed by atoms with Crippen LogP contribution in [-0.2, 0) is 6.54 Å². The molecule has 3 nitrogen and oxygen atoms in total. The third-order valence-corrected chi connectivity index (χ3v) is 3.50. The van der Waals surface area contributed by atoms with Gasteiger partial charge in [0.15, 0.2) is 4.77 Å². The quantitative estimate of drug-likeness (QED) is 0.842. The highest BCUT2D eigenvalue weighted by atomic mass is 32.1. The molecule has 1 aromatic carbocycles. The van der Waals surface area contributed by atoms with E-state index in [2.05, 4.69) is 53.5 Å². The number of H-pyrrole nitrogens is 1. The average molecular weight is 249 g/mol. The summed E-state index contributed by atoms with van der Waals surface area (Å²) in [4.78, 5) is 5.56. The monoisotopic (exact) mass is 249 g/mol. The number of hydrogen-bond donors (Lipinski definition) is 1. The molecule has 2 aromatic rings. The summed E-state index contributed by atoms with van der Waals surface area (Å²) in [6.45, 7) is 7.28. The Bertz CT molecular complexity index is 568. The molecule has 0 bridgehead atoms. The zero-order chi connectivity index (χ0) is 12.4. The lowest BCUT2D eigenvalue weighted by atomic mass is 10.2. The van der Waals surface area contributed by atoms with Crippen molar-refractivity contribution in [1.82, 2.24) is 14.5 Å². The largest absolute Gasteiger partial charge is 0.331 e. The van der Waals surface area contributed by atoms with E-state index in [-0.39, 0.29) is 0 Å². The van der Waals surface area contributed by atoms with Gasteiger partial charge in [-0.15, -0.1) is 0 Å². The third-order valence-electron chi connectivity index (χ3n) is 3.17. The van der Waals surface area contributed by atoms with Gasteiger partial charge in [-0.1, -0.05) is 13.0 Å². The summed E-state index contributed by atoms with van der Waals surface area (Å²) in [6, 6.07) is 6.42. The zero-order valence-electron chi connectivity index (χ0n) is 10.7. The number of fused-ring (bicyclic) bond motifs is 1. The third kappa shape index (κ3) is 2.58. The Labute approximate surface area is 107 Å². The fraction of sp³-hybridized carbons (Fsp3) is 0.462. The molecule has 0 atom stereocenters. The predicted octanol–water partition coefficient (Wildman–Crippen LogP) is 2.96. The molecule has 0 saturated heterocycles. The maximum absolute atomic E-state index is 5.37. The Kier molecular flexibility index (Phi) is 3.64. The van der Waals surface area contributed by atoms with E-state index in [1.54, 1.807) is 0 Å². The van der Waals surface area contributed by atoms with Gasteiger partial charge < -0.3 is 14.5 Å². The lowest BCUT2D eigenvalue weighted by Crippen LogP contribution is -2.22. The van der Waals surface area contributed by atoms with Gasteiger partial charge in [0.2, 0.25) is 0 Å². The van der Waals surface area contributed by atoms with Crippen molar-refractivity contribution in [3.05, 3.63) is 28.5 Å². The lowest BCUT2D eigenvalue weighted by molar-refractivity contribution is 0.336. The van der Waals surface area contributed by atoms with Gasteiger partial charge in [-0.2, -0.15) is 0 Å². The molecule has 0 aliphatic heterocycles. The van der Waals surface area contributed by atoms with Gasteiger partial charge in [-0.05, 0) is 50.4 Å². The van der Waals surface area contributed by atoms with E-state index in [0.29, 0.717) is 0 Å². The molecule has 0 unspecified atom stereocenters. The molecule has 17 heavy (non-hydrogen) atoms. The standard InChI is InChI=1S/C13H19N3S/c1-4-15(3)7-8-16-12-6-5-10(2)9-11(12)14-13(16)17/h5-6,9H,4,7-8H2,1-3H3,(H,14,17). The zero-order valence-corrected chi connectivity index (χ0v) is 11.5. The van der Waals surface area contributed by atoms with E-state index in [1.165, 1.54) is 11.1 Å². The molecule has 0 spiro atoms. The summed E-state index contributed by atoms with van der Waals surface area (Å²) in [5.41, 5.74) is 3.59. The predicted molar refractivity (Wildman–Crippen MR) is 75.0 cm³/mol. The van der Waals surface area contributed by atoms with Crippen molar-refractivity contribution in [1.29, 1.82) is 0 Å². The summed E-state index contributed by atoms with van der Waals surface area (Å²) in [6.07, 6.45) is 0. The van der Waals surface area contributed by atoms with Gasteiger partial charge in [0.1, 0.15) is 0 Å². The molecular weight excluding hydrogens is 230 g/mol. The minimum Gasteiger partial charge on any atom is -0.331 e. The normalized spacial score (nSPS) is 11.5. The van der Waals surface area contributed by atoms with Gasteiger partial charge in [0.05, 0.1) is 11.0 Å². The summed E-state index contributed by atoms with van der Waals surface area (Å²) in [5.74, 6) is 0. The van der Waals surface area contributed by atoms with E-state index >= 15 is 0 Å². The number of rotatable bonds is 4. The number of likely N-dealkylation sites (N-methyl/N-ethyl adjacent to an activating group) is 1. The van der Waals surface area contributed by atoms with Crippen LogP contribution >= 0.6 is 12.2 Å². The molecule has 1 N–H and O–H groups in total. The van der Waals surface area contributed by atoms with Gasteiger partial charge in [-0.25, -0.2) is 0 Å². The molecule has 0 aliphatic carbocycles. The molecule has 1 heterocycles. The highest BCUT2D eigenvalue weighted by Crippen LogP contribution is 2.15. The molecular formula is C13H19N3S. The molecule has 4 heteroatoms. The number of nitrogens with zero attached hydrogens (tertiary/aromatic N) is 2. The number of benzene rings is 1. The molecule has 0 saturated carbocycles. The SMILES string of the molecule is CCN(C)CCn1c(=S)[nH]c2cc(C)ccc21. The first-order valence-corrected chi connectivity index (χ1v) is 6.40. The van der Waals surface area contributed by atoms with Crippen molar-refractivity contribution in [2.75, 3.05) is 20.1 Å². The van der Waals surface area contributed by atoms with Crippen LogP contribution in [0.25, 0.3) is 11.0 Å². The van der Waals surface area contributed by atoms with E-state index in [1.807, 2.05) is 0 Å². The molecule has 1 aromatic heterocycles. The van der Waals surface area contributed by atoms with Crippen LogP contribution in [0.4, 0.5) is 0 Å². The molecule has 0 fully saturated rings. The van der Waals surface area contributed by atoms with Crippen LogP contribution in [-0.4, -0.2) is 34.6 Å². The Morgan fingerprint density at radius 3 is 2.88 bits per heavy atom. The van der Waals surface area contributed by atoms with Gasteiger partial charge in [-0.3, -0.25) is 0 Å². The van der Waals surface area contributed by atoms with Gasteiger partial charge in [0.25, 0.3) is 0 Å². The fourth-order valence-corrected chi connectivity index (χ4v) is 2.23. The number of imidazole rings is 1. The van der Waals surface area contributed by atoms with Crippen molar-refractivity contribution in [3.8, 4) is 0 Å². The van der Waals surface area contributed by atoms with Crippen molar-refractivity contribution in [2.45, 2.75) is 20.4 Å².